The predicted molar refractivity (Wildman–Crippen MR) is 84.4 cm³/mol. The standard InChI is InChI=1S/C18H18F3NO3/c19-18(20,21)15-9-3-12(4-10-15)2-1-11-22-16(23)13-5-7-14(8-6-13)17(24)25/h3-4,9-10,13-14H,5-8,11H2,(H,22,23)(H,24,25). The first-order chi connectivity index (χ1) is 11.8. The Morgan fingerprint density at radius 3 is 2.16 bits per heavy atom. The number of halogens is 3. The van der Waals surface area contributed by atoms with Crippen molar-refractivity contribution in [2.75, 3.05) is 6.54 Å². The highest BCUT2D eigenvalue weighted by Gasteiger charge is 2.30. The topological polar surface area (TPSA) is 66.4 Å². The predicted octanol–water partition coefficient (Wildman–Crippen LogP) is 3.06. The molecule has 1 aliphatic rings. The van der Waals surface area contributed by atoms with Crippen LogP contribution in [-0.2, 0) is 15.8 Å². The molecule has 0 unspecified atom stereocenters. The van der Waals surface area contributed by atoms with Gasteiger partial charge in [-0.2, -0.15) is 13.2 Å². The molecule has 0 aliphatic heterocycles. The Labute approximate surface area is 143 Å². The Balaban J connectivity index is 1.79. The molecule has 0 aromatic heterocycles. The summed E-state index contributed by atoms with van der Waals surface area (Å²) in [5.74, 6) is 3.84. The van der Waals surface area contributed by atoms with Crippen LogP contribution in [0.5, 0.6) is 0 Å². The summed E-state index contributed by atoms with van der Waals surface area (Å²) in [6.07, 6.45) is -2.32. The number of nitrogens with one attached hydrogen (secondary N) is 1. The second kappa shape index (κ2) is 8.06. The van der Waals surface area contributed by atoms with E-state index in [2.05, 4.69) is 17.2 Å². The molecule has 25 heavy (non-hydrogen) atoms. The summed E-state index contributed by atoms with van der Waals surface area (Å²) in [4.78, 5) is 22.9. The molecule has 1 aromatic rings. The summed E-state index contributed by atoms with van der Waals surface area (Å²) in [6.45, 7) is 0.0959. The van der Waals surface area contributed by atoms with Crippen LogP contribution in [0.3, 0.4) is 0 Å². The zero-order chi connectivity index (χ0) is 18.4. The van der Waals surface area contributed by atoms with Crippen LogP contribution in [0.15, 0.2) is 24.3 Å². The smallest absolute Gasteiger partial charge is 0.416 e. The molecule has 0 radical (unpaired) electrons. The summed E-state index contributed by atoms with van der Waals surface area (Å²) < 4.78 is 37.3. The van der Waals surface area contributed by atoms with Crippen LogP contribution in [-0.4, -0.2) is 23.5 Å². The lowest BCUT2D eigenvalue weighted by Crippen LogP contribution is -2.34. The van der Waals surface area contributed by atoms with Crippen LogP contribution >= 0.6 is 0 Å². The summed E-state index contributed by atoms with van der Waals surface area (Å²) in [6, 6.07) is 4.49. The van der Waals surface area contributed by atoms with E-state index in [-0.39, 0.29) is 24.3 Å². The first-order valence-corrected chi connectivity index (χ1v) is 7.94. The fourth-order valence-corrected chi connectivity index (χ4v) is 2.77. The van der Waals surface area contributed by atoms with E-state index in [1.807, 2.05) is 0 Å². The van der Waals surface area contributed by atoms with Gasteiger partial charge in [0.25, 0.3) is 0 Å². The number of benzene rings is 1. The number of hydrogen-bond acceptors (Lipinski definition) is 2. The van der Waals surface area contributed by atoms with Crippen molar-refractivity contribution in [1.82, 2.24) is 5.32 Å². The lowest BCUT2D eigenvalue weighted by atomic mass is 9.81. The molecule has 1 saturated carbocycles. The van der Waals surface area contributed by atoms with Gasteiger partial charge in [-0.1, -0.05) is 11.8 Å². The Hall–Kier alpha value is -2.49. The van der Waals surface area contributed by atoms with Gasteiger partial charge in [0, 0.05) is 11.5 Å². The number of carboxylic acids is 1. The third-order valence-electron chi connectivity index (χ3n) is 4.24. The maximum atomic E-state index is 12.4. The monoisotopic (exact) mass is 353 g/mol. The van der Waals surface area contributed by atoms with E-state index in [4.69, 9.17) is 5.11 Å². The van der Waals surface area contributed by atoms with E-state index < -0.39 is 17.7 Å². The first-order valence-electron chi connectivity index (χ1n) is 7.94. The van der Waals surface area contributed by atoms with E-state index in [1.54, 1.807) is 0 Å². The van der Waals surface area contributed by atoms with Crippen molar-refractivity contribution in [3.05, 3.63) is 35.4 Å². The molecule has 134 valence electrons. The Morgan fingerprint density at radius 1 is 1.08 bits per heavy atom. The molecule has 1 fully saturated rings. The second-order valence-corrected chi connectivity index (χ2v) is 5.98. The van der Waals surface area contributed by atoms with Gasteiger partial charge in [0.05, 0.1) is 18.0 Å². The Bertz CT molecular complexity index is 678. The van der Waals surface area contributed by atoms with Crippen molar-refractivity contribution in [1.29, 1.82) is 0 Å². The lowest BCUT2D eigenvalue weighted by molar-refractivity contribution is -0.144. The van der Waals surface area contributed by atoms with Gasteiger partial charge in [-0.05, 0) is 49.9 Å². The molecule has 2 rings (SSSR count). The second-order valence-electron chi connectivity index (χ2n) is 5.98. The van der Waals surface area contributed by atoms with Crippen LogP contribution < -0.4 is 5.32 Å². The van der Waals surface area contributed by atoms with Gasteiger partial charge in [0.15, 0.2) is 0 Å². The fraction of sp³-hybridized carbons (Fsp3) is 0.444. The highest BCUT2D eigenvalue weighted by molar-refractivity contribution is 5.79. The largest absolute Gasteiger partial charge is 0.481 e. The van der Waals surface area contributed by atoms with Crippen LogP contribution in [0.1, 0.15) is 36.8 Å². The molecular formula is C18H18F3NO3. The van der Waals surface area contributed by atoms with E-state index in [9.17, 15) is 22.8 Å². The summed E-state index contributed by atoms with van der Waals surface area (Å²) >= 11 is 0. The molecule has 0 heterocycles. The van der Waals surface area contributed by atoms with Gasteiger partial charge in [-0.25, -0.2) is 0 Å². The number of aliphatic carboxylic acids is 1. The number of carboxylic acid groups (broad SMARTS) is 1. The van der Waals surface area contributed by atoms with Crippen LogP contribution in [0, 0.1) is 23.7 Å². The number of carbonyl (C=O) groups excluding carboxylic acids is 1. The molecule has 0 spiro atoms. The fourth-order valence-electron chi connectivity index (χ4n) is 2.77. The normalized spacial score (nSPS) is 20.3. The average Bonchev–Trinajstić information content (AvgIpc) is 2.58. The lowest BCUT2D eigenvalue weighted by Gasteiger charge is -2.24. The summed E-state index contributed by atoms with van der Waals surface area (Å²) in [7, 11) is 0. The van der Waals surface area contributed by atoms with Crippen molar-refractivity contribution in [2.45, 2.75) is 31.9 Å². The van der Waals surface area contributed by atoms with Crippen molar-refractivity contribution >= 4 is 11.9 Å². The quantitative estimate of drug-likeness (QED) is 0.821. The zero-order valence-electron chi connectivity index (χ0n) is 13.4. The van der Waals surface area contributed by atoms with Crippen molar-refractivity contribution < 1.29 is 27.9 Å². The molecule has 1 amide bonds. The van der Waals surface area contributed by atoms with Gasteiger partial charge in [-0.15, -0.1) is 0 Å². The van der Waals surface area contributed by atoms with Crippen LogP contribution in [0.4, 0.5) is 13.2 Å². The molecule has 7 heteroatoms. The first kappa shape index (κ1) is 18.8. The van der Waals surface area contributed by atoms with Crippen molar-refractivity contribution in [2.24, 2.45) is 11.8 Å². The molecule has 0 bridgehead atoms. The SMILES string of the molecule is O=C(O)C1CCC(C(=O)NCC#Cc2ccc(C(F)(F)F)cc2)CC1. The Morgan fingerprint density at radius 2 is 1.64 bits per heavy atom. The number of hydrogen-bond donors (Lipinski definition) is 2. The highest BCUT2D eigenvalue weighted by Crippen LogP contribution is 2.29. The van der Waals surface area contributed by atoms with Crippen LogP contribution in [0.2, 0.25) is 0 Å². The van der Waals surface area contributed by atoms with E-state index in [1.165, 1.54) is 12.1 Å². The summed E-state index contributed by atoms with van der Waals surface area (Å²) in [5, 5.41) is 11.6. The van der Waals surface area contributed by atoms with E-state index >= 15 is 0 Å². The van der Waals surface area contributed by atoms with Gasteiger partial charge in [-0.3, -0.25) is 9.59 Å². The zero-order valence-corrected chi connectivity index (χ0v) is 13.4. The molecular weight excluding hydrogens is 335 g/mol. The minimum Gasteiger partial charge on any atom is -0.481 e. The molecule has 1 aliphatic carbocycles. The third-order valence-corrected chi connectivity index (χ3v) is 4.24. The number of carbonyl (C=O) groups is 2. The Kier molecular flexibility index (Phi) is 6.07. The number of alkyl halides is 3. The van der Waals surface area contributed by atoms with Gasteiger partial charge >= 0.3 is 12.1 Å². The van der Waals surface area contributed by atoms with Crippen LogP contribution in [0.25, 0.3) is 0 Å². The number of amides is 1. The van der Waals surface area contributed by atoms with Crippen molar-refractivity contribution in [3.8, 4) is 11.8 Å². The minimum absolute atomic E-state index is 0.0959. The molecule has 1 aromatic carbocycles. The maximum Gasteiger partial charge on any atom is 0.416 e. The molecule has 0 saturated heterocycles. The minimum atomic E-state index is -4.38. The summed E-state index contributed by atoms with van der Waals surface area (Å²) in [5.41, 5.74) is -0.299. The van der Waals surface area contributed by atoms with Gasteiger partial charge in [0.2, 0.25) is 5.91 Å². The van der Waals surface area contributed by atoms with Gasteiger partial charge in [0.1, 0.15) is 0 Å². The molecule has 4 nitrogen and oxygen atoms in total. The highest BCUT2D eigenvalue weighted by atomic mass is 19.4. The maximum absolute atomic E-state index is 12.4. The van der Waals surface area contributed by atoms with Gasteiger partial charge < -0.3 is 10.4 Å². The van der Waals surface area contributed by atoms with Crippen molar-refractivity contribution in [3.63, 3.8) is 0 Å². The average molecular weight is 353 g/mol. The molecule has 0 atom stereocenters. The van der Waals surface area contributed by atoms with E-state index in [0.717, 1.165) is 12.1 Å². The van der Waals surface area contributed by atoms with E-state index in [0.29, 0.717) is 31.2 Å². The third kappa shape index (κ3) is 5.52. The molecule has 2 N–H and O–H groups in total. The number of rotatable bonds is 3.